The molecule has 0 unspecified atom stereocenters. The summed E-state index contributed by atoms with van der Waals surface area (Å²) in [5.41, 5.74) is 7.25. The summed E-state index contributed by atoms with van der Waals surface area (Å²) in [5, 5.41) is 0. The average Bonchev–Trinajstić information content (AvgIpc) is 2.53. The second-order valence-electron chi connectivity index (χ2n) is 5.15. The number of fused-ring (bicyclic) bond motifs is 1. The van der Waals surface area contributed by atoms with E-state index in [-0.39, 0.29) is 17.0 Å². The number of esters is 1. The van der Waals surface area contributed by atoms with Crippen molar-refractivity contribution in [1.82, 2.24) is 9.97 Å². The zero-order chi connectivity index (χ0) is 16.6. The van der Waals surface area contributed by atoms with Crippen molar-refractivity contribution in [3.05, 3.63) is 69.2 Å². The molecule has 0 spiro atoms. The summed E-state index contributed by atoms with van der Waals surface area (Å²) in [6, 6.07) is 5.15. The first-order valence-electron chi connectivity index (χ1n) is 6.92. The molecule has 0 bridgehead atoms. The van der Waals surface area contributed by atoms with Crippen molar-refractivity contribution in [3.63, 3.8) is 0 Å². The highest BCUT2D eigenvalue weighted by atomic mass is 16.5. The van der Waals surface area contributed by atoms with E-state index >= 15 is 0 Å². The minimum atomic E-state index is -0.704. The van der Waals surface area contributed by atoms with Gasteiger partial charge in [0.1, 0.15) is 11.3 Å². The van der Waals surface area contributed by atoms with E-state index in [9.17, 15) is 9.59 Å². The number of rotatable bonds is 2. The summed E-state index contributed by atoms with van der Waals surface area (Å²) >= 11 is 0. The highest BCUT2D eigenvalue weighted by molar-refractivity contribution is 5.92. The Morgan fingerprint density at radius 1 is 1.48 bits per heavy atom. The predicted octanol–water partition coefficient (Wildman–Crippen LogP) is 0.946. The Labute approximate surface area is 131 Å². The number of nitrogens with zero attached hydrogens (tertiary/aromatic N) is 1. The number of aryl methyl sites for hydroxylation is 1. The quantitative estimate of drug-likeness (QED) is 0.799. The summed E-state index contributed by atoms with van der Waals surface area (Å²) in [4.78, 5) is 31.4. The van der Waals surface area contributed by atoms with Crippen LogP contribution in [0.4, 0.5) is 0 Å². The molecule has 1 aliphatic heterocycles. The van der Waals surface area contributed by atoms with Crippen molar-refractivity contribution in [1.29, 1.82) is 0 Å². The maximum absolute atomic E-state index is 12.5. The third-order valence-corrected chi connectivity index (χ3v) is 3.65. The number of aromatic nitrogens is 2. The summed E-state index contributed by atoms with van der Waals surface area (Å²) in [6.07, 6.45) is 3.18. The Kier molecular flexibility index (Phi) is 3.61. The summed E-state index contributed by atoms with van der Waals surface area (Å²) < 4.78 is 10.3. The Hall–Kier alpha value is -3.09. The number of methoxy groups -OCH3 is 1. The molecule has 0 fully saturated rings. The number of pyridine rings is 2. The highest BCUT2D eigenvalue weighted by Gasteiger charge is 2.37. The van der Waals surface area contributed by atoms with Gasteiger partial charge in [-0.1, -0.05) is 6.07 Å². The zero-order valence-electron chi connectivity index (χ0n) is 12.6. The van der Waals surface area contributed by atoms with Crippen LogP contribution < -0.4 is 16.0 Å². The molecule has 7 heteroatoms. The Balaban J connectivity index is 2.31. The van der Waals surface area contributed by atoms with Crippen molar-refractivity contribution >= 4 is 5.97 Å². The van der Waals surface area contributed by atoms with Gasteiger partial charge in [0.2, 0.25) is 5.88 Å². The standard InChI is InChI=1S/C16H15N3O4/c1-8-6-10-12(15(20)19-8)11(9-4-3-5-18-7-9)13(14(17)23-10)16(21)22-2/h3-7,11H,17H2,1-2H3,(H,19,20)/t11-/m1/s1. The van der Waals surface area contributed by atoms with E-state index in [1.807, 2.05) is 0 Å². The molecule has 0 amide bonds. The molecule has 0 saturated carbocycles. The monoisotopic (exact) mass is 313 g/mol. The van der Waals surface area contributed by atoms with Crippen LogP contribution in [0.15, 0.2) is 46.8 Å². The van der Waals surface area contributed by atoms with Crippen LogP contribution in [-0.2, 0) is 9.53 Å². The fourth-order valence-corrected chi connectivity index (χ4v) is 2.70. The molecule has 0 radical (unpaired) electrons. The SMILES string of the molecule is COC(=O)C1=C(N)Oc2cc(C)[nH]c(=O)c2[C@H]1c1cccnc1. The summed E-state index contributed by atoms with van der Waals surface area (Å²) in [7, 11) is 1.25. The Bertz CT molecular complexity index is 855. The largest absolute Gasteiger partial charge is 0.465 e. The van der Waals surface area contributed by atoms with E-state index in [0.29, 0.717) is 22.6 Å². The minimum Gasteiger partial charge on any atom is -0.465 e. The normalized spacial score (nSPS) is 16.5. The molecule has 2 aromatic rings. The van der Waals surface area contributed by atoms with E-state index in [0.717, 1.165) is 0 Å². The number of nitrogens with one attached hydrogen (secondary N) is 1. The number of aromatic amines is 1. The molecule has 23 heavy (non-hydrogen) atoms. The van der Waals surface area contributed by atoms with E-state index in [1.54, 1.807) is 37.5 Å². The second-order valence-corrected chi connectivity index (χ2v) is 5.15. The van der Waals surface area contributed by atoms with Gasteiger partial charge in [0.25, 0.3) is 5.56 Å². The number of carbonyl (C=O) groups is 1. The molecule has 0 aromatic carbocycles. The smallest absolute Gasteiger partial charge is 0.340 e. The van der Waals surface area contributed by atoms with Gasteiger partial charge in [0, 0.05) is 24.2 Å². The molecular formula is C16H15N3O4. The van der Waals surface area contributed by atoms with Gasteiger partial charge in [-0.3, -0.25) is 9.78 Å². The van der Waals surface area contributed by atoms with Crippen molar-refractivity contribution < 1.29 is 14.3 Å². The molecule has 7 nitrogen and oxygen atoms in total. The van der Waals surface area contributed by atoms with Gasteiger partial charge in [0.15, 0.2) is 0 Å². The van der Waals surface area contributed by atoms with Crippen LogP contribution >= 0.6 is 0 Å². The molecule has 3 N–H and O–H groups in total. The van der Waals surface area contributed by atoms with Crippen LogP contribution in [0.5, 0.6) is 5.75 Å². The Morgan fingerprint density at radius 2 is 2.26 bits per heavy atom. The molecule has 1 aliphatic rings. The maximum Gasteiger partial charge on any atom is 0.340 e. The van der Waals surface area contributed by atoms with Gasteiger partial charge in [-0.25, -0.2) is 4.79 Å². The van der Waals surface area contributed by atoms with Gasteiger partial charge in [-0.15, -0.1) is 0 Å². The number of hydrogen-bond acceptors (Lipinski definition) is 6. The predicted molar refractivity (Wildman–Crippen MR) is 81.7 cm³/mol. The van der Waals surface area contributed by atoms with Crippen LogP contribution in [0.3, 0.4) is 0 Å². The lowest BCUT2D eigenvalue weighted by atomic mass is 9.84. The molecule has 2 aromatic heterocycles. The van der Waals surface area contributed by atoms with Gasteiger partial charge >= 0.3 is 5.97 Å². The molecule has 3 rings (SSSR count). The summed E-state index contributed by atoms with van der Waals surface area (Å²) in [6.45, 7) is 1.74. The van der Waals surface area contributed by atoms with Crippen molar-refractivity contribution in [3.8, 4) is 5.75 Å². The van der Waals surface area contributed by atoms with Crippen LogP contribution in [0.2, 0.25) is 0 Å². The number of H-pyrrole nitrogens is 1. The lowest BCUT2D eigenvalue weighted by Crippen LogP contribution is -2.31. The first-order chi connectivity index (χ1) is 11.0. The number of hydrogen-bond donors (Lipinski definition) is 2. The molecule has 3 heterocycles. The average molecular weight is 313 g/mol. The fraction of sp³-hybridized carbons (Fsp3) is 0.188. The van der Waals surface area contributed by atoms with Crippen LogP contribution in [0, 0.1) is 6.92 Å². The third-order valence-electron chi connectivity index (χ3n) is 3.65. The van der Waals surface area contributed by atoms with E-state index in [2.05, 4.69) is 9.97 Å². The van der Waals surface area contributed by atoms with Crippen LogP contribution in [0.25, 0.3) is 0 Å². The maximum atomic E-state index is 12.5. The van der Waals surface area contributed by atoms with Gasteiger partial charge in [-0.2, -0.15) is 0 Å². The van der Waals surface area contributed by atoms with Gasteiger partial charge in [-0.05, 0) is 18.6 Å². The molecule has 118 valence electrons. The topological polar surface area (TPSA) is 107 Å². The molecular weight excluding hydrogens is 298 g/mol. The van der Waals surface area contributed by atoms with Crippen molar-refractivity contribution in [2.45, 2.75) is 12.8 Å². The van der Waals surface area contributed by atoms with Gasteiger partial charge in [0.05, 0.1) is 18.6 Å². The first-order valence-corrected chi connectivity index (χ1v) is 6.92. The van der Waals surface area contributed by atoms with E-state index in [4.69, 9.17) is 15.2 Å². The Morgan fingerprint density at radius 3 is 2.91 bits per heavy atom. The van der Waals surface area contributed by atoms with Crippen molar-refractivity contribution in [2.24, 2.45) is 5.73 Å². The van der Waals surface area contributed by atoms with E-state index < -0.39 is 11.9 Å². The first kappa shape index (κ1) is 14.8. The summed E-state index contributed by atoms with van der Waals surface area (Å²) in [5.74, 6) is -1.11. The molecule has 0 saturated heterocycles. The van der Waals surface area contributed by atoms with E-state index in [1.165, 1.54) is 7.11 Å². The second kappa shape index (κ2) is 5.60. The van der Waals surface area contributed by atoms with Crippen molar-refractivity contribution in [2.75, 3.05) is 7.11 Å². The fourth-order valence-electron chi connectivity index (χ4n) is 2.70. The van der Waals surface area contributed by atoms with Crippen LogP contribution in [-0.4, -0.2) is 23.0 Å². The number of ether oxygens (including phenoxy) is 2. The number of nitrogens with two attached hydrogens (primary N) is 1. The zero-order valence-corrected chi connectivity index (χ0v) is 12.6. The lowest BCUT2D eigenvalue weighted by Gasteiger charge is -2.27. The highest BCUT2D eigenvalue weighted by Crippen LogP contribution is 2.40. The number of carbonyl (C=O) groups excluding carboxylic acids is 1. The minimum absolute atomic E-state index is 0.0804. The molecule has 0 aliphatic carbocycles. The van der Waals surface area contributed by atoms with Crippen LogP contribution in [0.1, 0.15) is 22.7 Å². The molecule has 1 atom stereocenters. The van der Waals surface area contributed by atoms with Gasteiger partial charge < -0.3 is 20.2 Å². The third kappa shape index (κ3) is 2.46. The lowest BCUT2D eigenvalue weighted by molar-refractivity contribution is -0.136.